The minimum Gasteiger partial charge on any atom is -0.477 e. The zero-order valence-electron chi connectivity index (χ0n) is 8.90. The van der Waals surface area contributed by atoms with E-state index >= 15 is 0 Å². The number of aromatic carboxylic acids is 1. The van der Waals surface area contributed by atoms with E-state index in [1.54, 1.807) is 24.3 Å². The summed E-state index contributed by atoms with van der Waals surface area (Å²) in [5.41, 5.74) is 0.220. The van der Waals surface area contributed by atoms with E-state index in [4.69, 9.17) is 16.7 Å². The zero-order valence-corrected chi connectivity index (χ0v) is 9.65. The molecule has 0 amide bonds. The smallest absolute Gasteiger partial charge is 0.354 e. The van der Waals surface area contributed by atoms with Crippen LogP contribution in [0, 0.1) is 6.92 Å². The number of aromatic amines is 1. The normalized spacial score (nSPS) is 10.5. The first-order valence-electron chi connectivity index (χ1n) is 4.81. The van der Waals surface area contributed by atoms with Crippen LogP contribution in [0.5, 0.6) is 0 Å². The quantitative estimate of drug-likeness (QED) is 0.856. The number of carboxylic acid groups (broad SMARTS) is 1. The maximum atomic E-state index is 11.8. The molecular weight excluding hydrogens is 244 g/mol. The SMILES string of the molecule is Cc1c(C(=O)O)[nH]n(-c2ccc(Cl)cc2)c1=O. The Labute approximate surface area is 101 Å². The first-order valence-corrected chi connectivity index (χ1v) is 5.19. The fourth-order valence-electron chi connectivity index (χ4n) is 1.50. The molecule has 2 aromatic rings. The van der Waals surface area contributed by atoms with Gasteiger partial charge in [-0.25, -0.2) is 9.48 Å². The van der Waals surface area contributed by atoms with Crippen LogP contribution >= 0.6 is 11.6 Å². The molecule has 0 fully saturated rings. The average molecular weight is 253 g/mol. The monoisotopic (exact) mass is 252 g/mol. The molecule has 88 valence electrons. The van der Waals surface area contributed by atoms with Crippen LogP contribution in [0.4, 0.5) is 0 Å². The molecule has 6 heteroatoms. The lowest BCUT2D eigenvalue weighted by molar-refractivity contribution is 0.0689. The summed E-state index contributed by atoms with van der Waals surface area (Å²) in [7, 11) is 0. The highest BCUT2D eigenvalue weighted by atomic mass is 35.5. The summed E-state index contributed by atoms with van der Waals surface area (Å²) < 4.78 is 1.18. The minimum absolute atomic E-state index is 0.107. The Morgan fingerprint density at radius 1 is 1.35 bits per heavy atom. The summed E-state index contributed by atoms with van der Waals surface area (Å²) in [5.74, 6) is -1.16. The molecule has 0 saturated carbocycles. The fraction of sp³-hybridized carbons (Fsp3) is 0.0909. The predicted octanol–water partition coefficient (Wildman–Crippen LogP) is 1.83. The van der Waals surface area contributed by atoms with Gasteiger partial charge >= 0.3 is 5.97 Å². The van der Waals surface area contributed by atoms with E-state index in [1.807, 2.05) is 0 Å². The van der Waals surface area contributed by atoms with E-state index in [-0.39, 0.29) is 16.8 Å². The van der Waals surface area contributed by atoms with E-state index in [0.717, 1.165) is 0 Å². The van der Waals surface area contributed by atoms with Crippen molar-refractivity contribution >= 4 is 17.6 Å². The van der Waals surface area contributed by atoms with Crippen LogP contribution in [0.3, 0.4) is 0 Å². The van der Waals surface area contributed by atoms with Crippen molar-refractivity contribution in [3.8, 4) is 5.69 Å². The van der Waals surface area contributed by atoms with Gasteiger partial charge in [-0.05, 0) is 31.2 Å². The van der Waals surface area contributed by atoms with Crippen molar-refractivity contribution < 1.29 is 9.90 Å². The van der Waals surface area contributed by atoms with Crippen LogP contribution in [-0.2, 0) is 0 Å². The van der Waals surface area contributed by atoms with Gasteiger partial charge in [0.1, 0.15) is 5.69 Å². The molecule has 1 heterocycles. The van der Waals surface area contributed by atoms with E-state index in [9.17, 15) is 9.59 Å². The summed E-state index contributed by atoms with van der Waals surface area (Å²) in [6.45, 7) is 1.47. The number of H-pyrrole nitrogens is 1. The van der Waals surface area contributed by atoms with E-state index in [2.05, 4.69) is 5.10 Å². The Morgan fingerprint density at radius 3 is 2.41 bits per heavy atom. The Morgan fingerprint density at radius 2 is 1.94 bits per heavy atom. The van der Waals surface area contributed by atoms with Crippen molar-refractivity contribution in [2.75, 3.05) is 0 Å². The number of nitrogens with zero attached hydrogens (tertiary/aromatic N) is 1. The van der Waals surface area contributed by atoms with Gasteiger partial charge < -0.3 is 5.11 Å². The van der Waals surface area contributed by atoms with Gasteiger partial charge in [0.15, 0.2) is 0 Å². The van der Waals surface area contributed by atoms with E-state index in [0.29, 0.717) is 10.7 Å². The maximum absolute atomic E-state index is 11.8. The second-order valence-corrected chi connectivity index (χ2v) is 3.97. The van der Waals surface area contributed by atoms with Crippen molar-refractivity contribution in [2.45, 2.75) is 6.92 Å². The Bertz CT molecular complexity index is 625. The Kier molecular flexibility index (Phi) is 2.77. The number of rotatable bonds is 2. The highest BCUT2D eigenvalue weighted by Crippen LogP contribution is 2.12. The van der Waals surface area contributed by atoms with E-state index < -0.39 is 5.97 Å². The van der Waals surface area contributed by atoms with Crippen molar-refractivity contribution in [1.82, 2.24) is 9.78 Å². The van der Waals surface area contributed by atoms with Crippen LogP contribution in [0.15, 0.2) is 29.1 Å². The summed E-state index contributed by atoms with van der Waals surface area (Å²) in [5, 5.41) is 12.0. The highest BCUT2D eigenvalue weighted by Gasteiger charge is 2.16. The first-order chi connectivity index (χ1) is 8.00. The lowest BCUT2D eigenvalue weighted by atomic mass is 10.3. The third-order valence-electron chi connectivity index (χ3n) is 2.42. The standard InChI is InChI=1S/C11H9ClN2O3/c1-6-9(11(16)17)13-14(10(6)15)8-4-2-7(12)3-5-8/h2-5,13H,1H3,(H,16,17). The fourth-order valence-corrected chi connectivity index (χ4v) is 1.63. The van der Waals surface area contributed by atoms with Gasteiger partial charge in [-0.1, -0.05) is 11.6 Å². The van der Waals surface area contributed by atoms with E-state index in [1.165, 1.54) is 11.6 Å². The number of benzene rings is 1. The zero-order chi connectivity index (χ0) is 12.6. The molecule has 0 aliphatic heterocycles. The molecule has 0 aliphatic rings. The lowest BCUT2D eigenvalue weighted by Gasteiger charge is -2.00. The lowest BCUT2D eigenvalue weighted by Crippen LogP contribution is -2.15. The first kappa shape index (κ1) is 11.5. The molecule has 0 saturated heterocycles. The summed E-state index contributed by atoms with van der Waals surface area (Å²) in [6.07, 6.45) is 0. The van der Waals surface area contributed by atoms with Gasteiger partial charge in [0.2, 0.25) is 0 Å². The summed E-state index contributed by atoms with van der Waals surface area (Å²) in [6, 6.07) is 6.51. The molecule has 0 radical (unpaired) electrons. The molecule has 17 heavy (non-hydrogen) atoms. The molecule has 0 atom stereocenters. The number of carboxylic acids is 1. The van der Waals surface area contributed by atoms with Crippen LogP contribution in [0.25, 0.3) is 5.69 Å². The molecule has 0 spiro atoms. The average Bonchev–Trinajstić information content (AvgIpc) is 2.58. The predicted molar refractivity (Wildman–Crippen MR) is 63.1 cm³/mol. The Balaban J connectivity index is 2.61. The number of aromatic nitrogens is 2. The third kappa shape index (κ3) is 1.97. The van der Waals surface area contributed by atoms with Gasteiger partial charge in [0.25, 0.3) is 5.56 Å². The number of hydrogen-bond acceptors (Lipinski definition) is 2. The molecule has 0 unspecified atom stereocenters. The molecule has 2 rings (SSSR count). The van der Waals surface area contributed by atoms with Gasteiger partial charge in [-0.15, -0.1) is 0 Å². The molecule has 5 nitrogen and oxygen atoms in total. The topological polar surface area (TPSA) is 75.1 Å². The largest absolute Gasteiger partial charge is 0.477 e. The Hall–Kier alpha value is -2.01. The minimum atomic E-state index is -1.16. The van der Waals surface area contributed by atoms with Gasteiger partial charge in [0, 0.05) is 10.6 Å². The molecule has 0 bridgehead atoms. The van der Waals surface area contributed by atoms with Crippen LogP contribution in [-0.4, -0.2) is 20.9 Å². The van der Waals surface area contributed by atoms with Gasteiger partial charge in [-0.3, -0.25) is 9.89 Å². The highest BCUT2D eigenvalue weighted by molar-refractivity contribution is 6.30. The van der Waals surface area contributed by atoms with Crippen molar-refractivity contribution in [3.63, 3.8) is 0 Å². The summed E-state index contributed by atoms with van der Waals surface area (Å²) >= 11 is 5.73. The van der Waals surface area contributed by atoms with Crippen LogP contribution in [0.1, 0.15) is 16.1 Å². The van der Waals surface area contributed by atoms with Crippen molar-refractivity contribution in [1.29, 1.82) is 0 Å². The van der Waals surface area contributed by atoms with Gasteiger partial charge in [-0.2, -0.15) is 0 Å². The van der Waals surface area contributed by atoms with Gasteiger partial charge in [0.05, 0.1) is 5.69 Å². The molecular formula is C11H9ClN2O3. The third-order valence-corrected chi connectivity index (χ3v) is 2.67. The molecule has 2 N–H and O–H groups in total. The maximum Gasteiger partial charge on any atom is 0.354 e. The molecule has 1 aromatic carbocycles. The van der Waals surface area contributed by atoms with Crippen LogP contribution < -0.4 is 5.56 Å². The number of halogens is 1. The molecule has 0 aliphatic carbocycles. The second kappa shape index (κ2) is 4.10. The second-order valence-electron chi connectivity index (χ2n) is 3.53. The van der Waals surface area contributed by atoms with Crippen molar-refractivity contribution in [2.24, 2.45) is 0 Å². The van der Waals surface area contributed by atoms with Crippen molar-refractivity contribution in [3.05, 3.63) is 50.9 Å². The number of carbonyl (C=O) groups is 1. The van der Waals surface area contributed by atoms with Crippen LogP contribution in [0.2, 0.25) is 5.02 Å². The summed E-state index contributed by atoms with van der Waals surface area (Å²) in [4.78, 5) is 22.7. The number of hydrogen-bond donors (Lipinski definition) is 2. The molecule has 1 aromatic heterocycles. The number of nitrogens with one attached hydrogen (secondary N) is 1.